The van der Waals surface area contributed by atoms with Crippen LogP contribution in [-0.2, 0) is 14.8 Å². The predicted octanol–water partition coefficient (Wildman–Crippen LogP) is 4.61. The van der Waals surface area contributed by atoms with Gasteiger partial charge in [-0.3, -0.25) is 9.10 Å². The van der Waals surface area contributed by atoms with Crippen LogP contribution in [0.3, 0.4) is 0 Å². The van der Waals surface area contributed by atoms with Crippen molar-refractivity contribution in [2.75, 3.05) is 15.9 Å². The van der Waals surface area contributed by atoms with Gasteiger partial charge in [-0.15, -0.1) is 0 Å². The molecule has 152 valence electrons. The SMILES string of the molecule is CC[C@@H](C(=O)Nc1ccccc1C(C)C)N(c1cc(C)ccc1C)S(C)(=O)=O. The van der Waals surface area contributed by atoms with E-state index in [4.69, 9.17) is 0 Å². The van der Waals surface area contributed by atoms with Crippen LogP contribution in [-0.4, -0.2) is 26.6 Å². The summed E-state index contributed by atoms with van der Waals surface area (Å²) in [4.78, 5) is 13.2. The zero-order valence-electron chi connectivity index (χ0n) is 17.5. The molecule has 0 spiro atoms. The summed E-state index contributed by atoms with van der Waals surface area (Å²) in [6.45, 7) is 9.69. The Morgan fingerprint density at radius 2 is 1.75 bits per heavy atom. The molecule has 28 heavy (non-hydrogen) atoms. The molecule has 0 bridgehead atoms. The summed E-state index contributed by atoms with van der Waals surface area (Å²) in [5, 5.41) is 2.95. The molecule has 2 rings (SSSR count). The van der Waals surface area contributed by atoms with E-state index in [2.05, 4.69) is 19.2 Å². The molecule has 0 saturated heterocycles. The lowest BCUT2D eigenvalue weighted by atomic mass is 10.0. The molecular formula is C22H30N2O3S. The smallest absolute Gasteiger partial charge is 0.248 e. The van der Waals surface area contributed by atoms with Crippen LogP contribution in [0.1, 0.15) is 49.8 Å². The van der Waals surface area contributed by atoms with Gasteiger partial charge in [0.2, 0.25) is 15.9 Å². The van der Waals surface area contributed by atoms with Gasteiger partial charge in [-0.2, -0.15) is 0 Å². The number of carbonyl (C=O) groups is 1. The summed E-state index contributed by atoms with van der Waals surface area (Å²) in [5.41, 5.74) is 4.03. The minimum Gasteiger partial charge on any atom is -0.324 e. The Morgan fingerprint density at radius 1 is 1.11 bits per heavy atom. The van der Waals surface area contributed by atoms with Gasteiger partial charge in [0.25, 0.3) is 0 Å². The van der Waals surface area contributed by atoms with Gasteiger partial charge in [0, 0.05) is 5.69 Å². The second-order valence-corrected chi connectivity index (χ2v) is 9.36. The van der Waals surface area contributed by atoms with E-state index in [0.717, 1.165) is 28.6 Å². The second kappa shape index (κ2) is 8.78. The molecule has 1 amide bonds. The largest absolute Gasteiger partial charge is 0.324 e. The van der Waals surface area contributed by atoms with Crippen LogP contribution in [0.2, 0.25) is 0 Å². The summed E-state index contributed by atoms with van der Waals surface area (Å²) in [7, 11) is -3.66. The summed E-state index contributed by atoms with van der Waals surface area (Å²) in [6, 6.07) is 12.4. The van der Waals surface area contributed by atoms with Gasteiger partial charge in [0.1, 0.15) is 6.04 Å². The van der Waals surface area contributed by atoms with Crippen molar-refractivity contribution in [2.45, 2.75) is 53.0 Å². The Morgan fingerprint density at radius 3 is 2.32 bits per heavy atom. The fourth-order valence-electron chi connectivity index (χ4n) is 3.32. The molecule has 0 saturated carbocycles. The number of para-hydroxylation sites is 1. The maximum absolute atomic E-state index is 13.2. The van der Waals surface area contributed by atoms with Crippen molar-refractivity contribution >= 4 is 27.3 Å². The van der Waals surface area contributed by atoms with Crippen molar-refractivity contribution in [3.8, 4) is 0 Å². The van der Waals surface area contributed by atoms with Crippen molar-refractivity contribution in [2.24, 2.45) is 0 Å². The molecule has 0 heterocycles. The van der Waals surface area contributed by atoms with E-state index in [1.165, 1.54) is 4.31 Å². The number of nitrogens with one attached hydrogen (secondary N) is 1. The first kappa shape index (κ1) is 22.0. The van der Waals surface area contributed by atoms with E-state index in [0.29, 0.717) is 12.1 Å². The quantitative estimate of drug-likeness (QED) is 0.735. The summed E-state index contributed by atoms with van der Waals surface area (Å²) < 4.78 is 26.6. The number of hydrogen-bond acceptors (Lipinski definition) is 3. The van der Waals surface area contributed by atoms with E-state index < -0.39 is 16.1 Å². The first-order valence-corrected chi connectivity index (χ1v) is 11.4. The zero-order chi connectivity index (χ0) is 21.1. The number of benzene rings is 2. The van der Waals surface area contributed by atoms with E-state index in [-0.39, 0.29) is 11.8 Å². The van der Waals surface area contributed by atoms with E-state index in [1.54, 1.807) is 0 Å². The fraction of sp³-hybridized carbons (Fsp3) is 0.409. The van der Waals surface area contributed by atoms with Crippen LogP contribution in [0.4, 0.5) is 11.4 Å². The molecule has 6 heteroatoms. The van der Waals surface area contributed by atoms with Gasteiger partial charge >= 0.3 is 0 Å². The Bertz CT molecular complexity index is 952. The Hall–Kier alpha value is -2.34. The topological polar surface area (TPSA) is 66.5 Å². The van der Waals surface area contributed by atoms with Crippen LogP contribution in [0, 0.1) is 13.8 Å². The van der Waals surface area contributed by atoms with Crippen molar-refractivity contribution in [1.82, 2.24) is 0 Å². The monoisotopic (exact) mass is 402 g/mol. The summed E-state index contributed by atoms with van der Waals surface area (Å²) >= 11 is 0. The number of aryl methyl sites for hydroxylation is 2. The number of hydrogen-bond donors (Lipinski definition) is 1. The molecule has 0 aliphatic rings. The normalized spacial score (nSPS) is 12.7. The lowest BCUT2D eigenvalue weighted by Crippen LogP contribution is -2.47. The minimum atomic E-state index is -3.66. The molecule has 0 radical (unpaired) electrons. The molecular weight excluding hydrogens is 372 g/mol. The first-order chi connectivity index (χ1) is 13.1. The molecule has 2 aromatic rings. The summed E-state index contributed by atoms with van der Waals surface area (Å²) in [5.74, 6) is -0.0939. The molecule has 0 aliphatic carbocycles. The molecule has 0 unspecified atom stereocenters. The lowest BCUT2D eigenvalue weighted by molar-refractivity contribution is -0.117. The highest BCUT2D eigenvalue weighted by atomic mass is 32.2. The third kappa shape index (κ3) is 4.93. The van der Waals surface area contributed by atoms with Crippen molar-refractivity contribution in [3.05, 3.63) is 59.2 Å². The van der Waals surface area contributed by atoms with E-state index in [1.807, 2.05) is 63.2 Å². The van der Waals surface area contributed by atoms with Gasteiger partial charge in [-0.25, -0.2) is 8.42 Å². The minimum absolute atomic E-state index is 0.238. The standard InChI is InChI=1S/C22H30N2O3S/c1-7-20(22(25)23-19-11-9-8-10-18(19)15(2)3)24(28(6,26)27)21-14-16(4)12-13-17(21)5/h8-15,20H,7H2,1-6H3,(H,23,25)/t20-/m0/s1. The van der Waals surface area contributed by atoms with Gasteiger partial charge in [-0.1, -0.05) is 51.1 Å². The highest BCUT2D eigenvalue weighted by Crippen LogP contribution is 2.29. The van der Waals surface area contributed by atoms with Crippen molar-refractivity contribution in [3.63, 3.8) is 0 Å². The van der Waals surface area contributed by atoms with Crippen LogP contribution in [0.25, 0.3) is 0 Å². The molecule has 0 aromatic heterocycles. The molecule has 2 aromatic carbocycles. The van der Waals surface area contributed by atoms with E-state index in [9.17, 15) is 13.2 Å². The Balaban J connectivity index is 2.47. The third-order valence-corrected chi connectivity index (χ3v) is 5.94. The highest BCUT2D eigenvalue weighted by molar-refractivity contribution is 7.92. The van der Waals surface area contributed by atoms with Crippen LogP contribution in [0.5, 0.6) is 0 Å². The van der Waals surface area contributed by atoms with Gasteiger partial charge in [0.05, 0.1) is 11.9 Å². The number of rotatable bonds is 7. The third-order valence-electron chi connectivity index (χ3n) is 4.77. The maximum Gasteiger partial charge on any atom is 0.248 e. The van der Waals surface area contributed by atoms with Crippen molar-refractivity contribution < 1.29 is 13.2 Å². The molecule has 5 nitrogen and oxygen atoms in total. The highest BCUT2D eigenvalue weighted by Gasteiger charge is 2.32. The zero-order valence-corrected chi connectivity index (χ0v) is 18.3. The summed E-state index contributed by atoms with van der Waals surface area (Å²) in [6.07, 6.45) is 1.50. The molecule has 1 N–H and O–H groups in total. The lowest BCUT2D eigenvalue weighted by Gasteiger charge is -2.31. The fourth-order valence-corrected chi connectivity index (χ4v) is 4.58. The number of anilines is 2. The second-order valence-electron chi connectivity index (χ2n) is 7.50. The van der Waals surface area contributed by atoms with Gasteiger partial charge in [-0.05, 0) is 55.0 Å². The van der Waals surface area contributed by atoms with Gasteiger partial charge in [0.15, 0.2) is 0 Å². The number of carbonyl (C=O) groups excluding carboxylic acids is 1. The average molecular weight is 403 g/mol. The first-order valence-electron chi connectivity index (χ1n) is 9.52. The molecule has 0 fully saturated rings. The van der Waals surface area contributed by atoms with Crippen LogP contribution < -0.4 is 9.62 Å². The molecule has 1 atom stereocenters. The van der Waals surface area contributed by atoms with Gasteiger partial charge < -0.3 is 5.32 Å². The average Bonchev–Trinajstić information content (AvgIpc) is 2.61. The Kier molecular flexibility index (Phi) is 6.88. The maximum atomic E-state index is 13.2. The van der Waals surface area contributed by atoms with Crippen LogP contribution in [0.15, 0.2) is 42.5 Å². The molecule has 0 aliphatic heterocycles. The number of nitrogens with zero attached hydrogens (tertiary/aromatic N) is 1. The van der Waals surface area contributed by atoms with E-state index >= 15 is 0 Å². The van der Waals surface area contributed by atoms with Crippen LogP contribution >= 0.6 is 0 Å². The Labute approximate surface area is 168 Å². The van der Waals surface area contributed by atoms with Crippen molar-refractivity contribution in [1.29, 1.82) is 0 Å². The number of sulfonamides is 1. The predicted molar refractivity (Wildman–Crippen MR) is 116 cm³/mol. The number of amides is 1.